The van der Waals surface area contributed by atoms with Gasteiger partial charge in [-0.05, 0) is 56.5 Å². The maximum absolute atomic E-state index is 4.60. The fraction of sp³-hybridized carbons (Fsp3) is 0.545. The van der Waals surface area contributed by atoms with Gasteiger partial charge >= 0.3 is 0 Å². The number of thiophene rings is 1. The molecule has 6 heteroatoms. The Labute approximate surface area is 173 Å². The highest BCUT2D eigenvalue weighted by molar-refractivity contribution is 7.11. The predicted molar refractivity (Wildman–Crippen MR) is 120 cm³/mol. The van der Waals surface area contributed by atoms with Gasteiger partial charge in [0, 0.05) is 55.1 Å². The fourth-order valence-corrected chi connectivity index (χ4v) is 4.62. The summed E-state index contributed by atoms with van der Waals surface area (Å²) in [5, 5.41) is 6.95. The lowest BCUT2D eigenvalue weighted by atomic mass is 10.2. The van der Waals surface area contributed by atoms with Crippen molar-refractivity contribution in [1.82, 2.24) is 15.6 Å². The zero-order chi connectivity index (χ0) is 19.8. The number of pyridine rings is 1. The van der Waals surface area contributed by atoms with Gasteiger partial charge in [-0.2, -0.15) is 0 Å². The van der Waals surface area contributed by atoms with Gasteiger partial charge in [0.2, 0.25) is 0 Å². The van der Waals surface area contributed by atoms with E-state index in [1.54, 1.807) is 0 Å². The summed E-state index contributed by atoms with van der Waals surface area (Å²) in [5.74, 6) is 1.94. The van der Waals surface area contributed by atoms with Crippen LogP contribution in [0.4, 0.5) is 5.82 Å². The quantitative estimate of drug-likeness (QED) is 0.566. The maximum atomic E-state index is 4.60. The van der Waals surface area contributed by atoms with E-state index in [2.05, 4.69) is 63.6 Å². The largest absolute Gasteiger partial charge is 0.357 e. The van der Waals surface area contributed by atoms with Crippen molar-refractivity contribution in [2.45, 2.75) is 58.5 Å². The van der Waals surface area contributed by atoms with E-state index in [1.165, 1.54) is 41.0 Å². The standard InChI is InChI=1S/C22H33N5S/c1-17(14-20-9-8-18(2)28-20)26-22(23-3)25-16-19-10-11-24-21(15-19)27-12-6-4-5-7-13-27/h8-11,15,17H,4-7,12-14,16H2,1-3H3,(H2,23,25,26). The molecule has 1 aliphatic rings. The van der Waals surface area contributed by atoms with Crippen molar-refractivity contribution in [3.05, 3.63) is 45.8 Å². The van der Waals surface area contributed by atoms with Crippen LogP contribution in [0.25, 0.3) is 0 Å². The molecule has 0 aliphatic carbocycles. The molecule has 1 unspecified atom stereocenters. The van der Waals surface area contributed by atoms with E-state index >= 15 is 0 Å². The molecule has 0 saturated carbocycles. The van der Waals surface area contributed by atoms with E-state index in [-0.39, 0.29) is 0 Å². The Kier molecular flexibility index (Phi) is 7.71. The Bertz CT molecular complexity index is 762. The number of aliphatic imine (C=N–C) groups is 1. The first-order chi connectivity index (χ1) is 13.6. The van der Waals surface area contributed by atoms with Crippen molar-refractivity contribution in [2.75, 3.05) is 25.0 Å². The number of hydrogen-bond donors (Lipinski definition) is 2. The summed E-state index contributed by atoms with van der Waals surface area (Å²) >= 11 is 1.87. The molecule has 2 aromatic rings. The smallest absolute Gasteiger partial charge is 0.191 e. The van der Waals surface area contributed by atoms with E-state index in [9.17, 15) is 0 Å². The van der Waals surface area contributed by atoms with E-state index in [1.807, 2.05) is 24.6 Å². The number of aryl methyl sites for hydroxylation is 1. The summed E-state index contributed by atoms with van der Waals surface area (Å²) in [5.41, 5.74) is 1.23. The average Bonchev–Trinajstić information content (AvgIpc) is 2.94. The van der Waals surface area contributed by atoms with E-state index in [0.29, 0.717) is 6.04 Å². The minimum absolute atomic E-state index is 0.328. The molecular weight excluding hydrogens is 366 g/mol. The first-order valence-corrected chi connectivity index (χ1v) is 11.2. The molecule has 1 atom stereocenters. The molecule has 1 fully saturated rings. The number of nitrogens with one attached hydrogen (secondary N) is 2. The minimum Gasteiger partial charge on any atom is -0.357 e. The van der Waals surface area contributed by atoms with Gasteiger partial charge in [-0.15, -0.1) is 11.3 Å². The van der Waals surface area contributed by atoms with Crippen molar-refractivity contribution in [2.24, 2.45) is 4.99 Å². The average molecular weight is 400 g/mol. The molecule has 3 heterocycles. The molecule has 0 bridgehead atoms. The Morgan fingerprint density at radius 1 is 1.21 bits per heavy atom. The van der Waals surface area contributed by atoms with Gasteiger partial charge in [-0.25, -0.2) is 4.98 Å². The van der Waals surface area contributed by atoms with Gasteiger partial charge in [0.25, 0.3) is 0 Å². The van der Waals surface area contributed by atoms with Crippen LogP contribution in [0.3, 0.4) is 0 Å². The maximum Gasteiger partial charge on any atom is 0.191 e. The van der Waals surface area contributed by atoms with Crippen molar-refractivity contribution < 1.29 is 0 Å². The lowest BCUT2D eigenvalue weighted by molar-refractivity contribution is 0.645. The number of nitrogens with zero attached hydrogens (tertiary/aromatic N) is 3. The molecular formula is C22H33N5S. The second-order valence-corrected chi connectivity index (χ2v) is 8.98. The molecule has 5 nitrogen and oxygen atoms in total. The van der Waals surface area contributed by atoms with E-state index in [0.717, 1.165) is 37.8 Å². The van der Waals surface area contributed by atoms with Crippen LogP contribution in [-0.4, -0.2) is 37.1 Å². The summed E-state index contributed by atoms with van der Waals surface area (Å²) < 4.78 is 0. The number of anilines is 1. The molecule has 0 amide bonds. The van der Waals surface area contributed by atoms with Crippen LogP contribution in [0.15, 0.2) is 35.5 Å². The van der Waals surface area contributed by atoms with Gasteiger partial charge in [0.15, 0.2) is 5.96 Å². The zero-order valence-corrected chi connectivity index (χ0v) is 18.2. The van der Waals surface area contributed by atoms with Crippen LogP contribution in [0.2, 0.25) is 0 Å². The third-order valence-corrected chi connectivity index (χ3v) is 6.13. The molecule has 1 saturated heterocycles. The van der Waals surface area contributed by atoms with Crippen molar-refractivity contribution in [3.63, 3.8) is 0 Å². The summed E-state index contributed by atoms with van der Waals surface area (Å²) in [6.07, 6.45) is 8.14. The molecule has 152 valence electrons. The number of rotatable bonds is 6. The van der Waals surface area contributed by atoms with Gasteiger partial charge in [0.1, 0.15) is 5.82 Å². The Morgan fingerprint density at radius 3 is 2.68 bits per heavy atom. The normalized spacial score (nSPS) is 16.5. The van der Waals surface area contributed by atoms with Gasteiger partial charge in [-0.1, -0.05) is 12.8 Å². The van der Waals surface area contributed by atoms with Gasteiger partial charge in [-0.3, -0.25) is 4.99 Å². The lowest BCUT2D eigenvalue weighted by Gasteiger charge is -2.22. The van der Waals surface area contributed by atoms with Crippen molar-refractivity contribution >= 4 is 23.1 Å². The monoisotopic (exact) mass is 399 g/mol. The van der Waals surface area contributed by atoms with Gasteiger partial charge < -0.3 is 15.5 Å². The third-order valence-electron chi connectivity index (χ3n) is 5.11. The van der Waals surface area contributed by atoms with Crippen LogP contribution in [0.5, 0.6) is 0 Å². The molecule has 2 aromatic heterocycles. The molecule has 2 N–H and O–H groups in total. The fourth-order valence-electron chi connectivity index (χ4n) is 3.60. The van der Waals surface area contributed by atoms with Crippen LogP contribution >= 0.6 is 11.3 Å². The summed E-state index contributed by atoms with van der Waals surface area (Å²) in [4.78, 5) is 14.2. The molecule has 0 radical (unpaired) electrons. The predicted octanol–water partition coefficient (Wildman–Crippen LogP) is 4.13. The minimum atomic E-state index is 0.328. The molecule has 28 heavy (non-hydrogen) atoms. The van der Waals surface area contributed by atoms with Crippen LogP contribution in [0, 0.1) is 6.92 Å². The van der Waals surface area contributed by atoms with Crippen LogP contribution in [0.1, 0.15) is 47.9 Å². The Morgan fingerprint density at radius 2 is 2.00 bits per heavy atom. The zero-order valence-electron chi connectivity index (χ0n) is 17.4. The van der Waals surface area contributed by atoms with Crippen molar-refractivity contribution in [3.8, 4) is 0 Å². The van der Waals surface area contributed by atoms with Crippen LogP contribution < -0.4 is 15.5 Å². The Balaban J connectivity index is 1.52. The second-order valence-electron chi connectivity index (χ2n) is 7.61. The topological polar surface area (TPSA) is 52.6 Å². The summed E-state index contributed by atoms with van der Waals surface area (Å²) in [7, 11) is 1.83. The Hall–Kier alpha value is -2.08. The number of aromatic nitrogens is 1. The highest BCUT2D eigenvalue weighted by atomic mass is 32.1. The molecule has 0 spiro atoms. The van der Waals surface area contributed by atoms with E-state index < -0.39 is 0 Å². The molecule has 1 aliphatic heterocycles. The number of hydrogen-bond acceptors (Lipinski definition) is 4. The summed E-state index contributed by atoms with van der Waals surface area (Å²) in [6.45, 7) is 7.33. The first kappa shape index (κ1) is 20.6. The third kappa shape index (κ3) is 6.23. The second kappa shape index (κ2) is 10.5. The van der Waals surface area contributed by atoms with E-state index in [4.69, 9.17) is 0 Å². The van der Waals surface area contributed by atoms with Crippen molar-refractivity contribution in [1.29, 1.82) is 0 Å². The molecule has 3 rings (SSSR count). The van der Waals surface area contributed by atoms with Gasteiger partial charge in [0.05, 0.1) is 0 Å². The van der Waals surface area contributed by atoms with Crippen LogP contribution in [-0.2, 0) is 13.0 Å². The highest BCUT2D eigenvalue weighted by Crippen LogP contribution is 2.18. The number of guanidine groups is 1. The highest BCUT2D eigenvalue weighted by Gasteiger charge is 2.12. The molecule has 0 aromatic carbocycles. The lowest BCUT2D eigenvalue weighted by Crippen LogP contribution is -2.42. The SMILES string of the molecule is CN=C(NCc1ccnc(N2CCCCCC2)c1)NC(C)Cc1ccc(C)s1. The first-order valence-electron chi connectivity index (χ1n) is 10.4. The summed E-state index contributed by atoms with van der Waals surface area (Å²) in [6, 6.07) is 9.03.